The zero-order valence-electron chi connectivity index (χ0n) is 9.11. The molecule has 0 radical (unpaired) electrons. The van der Waals surface area contributed by atoms with Crippen molar-refractivity contribution in [2.75, 3.05) is 19.0 Å². The normalized spacial score (nSPS) is 36.9. The average Bonchev–Trinajstić information content (AvgIpc) is 2.70. The van der Waals surface area contributed by atoms with E-state index in [1.54, 1.807) is 0 Å². The van der Waals surface area contributed by atoms with E-state index in [2.05, 4.69) is 0 Å². The molecule has 3 unspecified atom stereocenters. The maximum absolute atomic E-state index is 11.8. The van der Waals surface area contributed by atoms with Gasteiger partial charge >= 0.3 is 0 Å². The molecule has 1 saturated carbocycles. The van der Waals surface area contributed by atoms with Crippen molar-refractivity contribution in [3.05, 3.63) is 0 Å². The molecule has 2 fully saturated rings. The van der Waals surface area contributed by atoms with Gasteiger partial charge in [-0.2, -0.15) is 0 Å². The van der Waals surface area contributed by atoms with Crippen molar-refractivity contribution in [3.8, 4) is 0 Å². The highest BCUT2D eigenvalue weighted by Gasteiger charge is 2.45. The Bertz CT molecular complexity index is 253. The molecule has 1 aliphatic heterocycles. The van der Waals surface area contributed by atoms with Crippen LogP contribution in [0, 0.1) is 0 Å². The molecule has 88 valence electrons. The standard InChI is InChI=1S/C10H19NO3S/c1-2-15(12)9-7-10(4-3-8(9)11)13-5-6-14-10/h8-9H,2-7,11H2,1H3. The van der Waals surface area contributed by atoms with Crippen molar-refractivity contribution >= 4 is 10.8 Å². The summed E-state index contributed by atoms with van der Waals surface area (Å²) in [5.74, 6) is 0.194. The largest absolute Gasteiger partial charge is 0.347 e. The lowest BCUT2D eigenvalue weighted by atomic mass is 9.90. The summed E-state index contributed by atoms with van der Waals surface area (Å²) in [6.07, 6.45) is 2.37. The number of hydrogen-bond acceptors (Lipinski definition) is 4. The highest BCUT2D eigenvalue weighted by atomic mass is 32.2. The first-order chi connectivity index (χ1) is 7.17. The number of rotatable bonds is 2. The molecule has 0 amide bonds. The lowest BCUT2D eigenvalue weighted by molar-refractivity contribution is -0.177. The third-order valence-corrected chi connectivity index (χ3v) is 5.04. The van der Waals surface area contributed by atoms with E-state index < -0.39 is 16.6 Å². The van der Waals surface area contributed by atoms with Gasteiger partial charge in [-0.25, -0.2) is 0 Å². The van der Waals surface area contributed by atoms with Crippen LogP contribution in [0.4, 0.5) is 0 Å². The van der Waals surface area contributed by atoms with Crippen molar-refractivity contribution in [2.45, 2.75) is 43.3 Å². The topological polar surface area (TPSA) is 61.6 Å². The second kappa shape index (κ2) is 4.49. The third-order valence-electron chi connectivity index (χ3n) is 3.28. The van der Waals surface area contributed by atoms with Crippen molar-refractivity contribution in [3.63, 3.8) is 0 Å². The van der Waals surface area contributed by atoms with Crippen LogP contribution in [0.5, 0.6) is 0 Å². The Morgan fingerprint density at radius 3 is 2.73 bits per heavy atom. The zero-order valence-corrected chi connectivity index (χ0v) is 9.92. The van der Waals surface area contributed by atoms with E-state index in [1.165, 1.54) is 0 Å². The summed E-state index contributed by atoms with van der Waals surface area (Å²) >= 11 is 0. The Kier molecular flexibility index (Phi) is 3.45. The maximum Gasteiger partial charge on any atom is 0.169 e. The molecule has 1 aliphatic carbocycles. The lowest BCUT2D eigenvalue weighted by Crippen LogP contribution is -2.50. The summed E-state index contributed by atoms with van der Waals surface area (Å²) in [6, 6.07) is 0.0317. The van der Waals surface area contributed by atoms with E-state index in [-0.39, 0.29) is 11.3 Å². The van der Waals surface area contributed by atoms with Crippen LogP contribution >= 0.6 is 0 Å². The highest BCUT2D eigenvalue weighted by molar-refractivity contribution is 7.85. The quantitative estimate of drug-likeness (QED) is 0.749. The summed E-state index contributed by atoms with van der Waals surface area (Å²) in [4.78, 5) is 0. The summed E-state index contributed by atoms with van der Waals surface area (Å²) < 4.78 is 23.1. The van der Waals surface area contributed by atoms with Crippen molar-refractivity contribution in [1.29, 1.82) is 0 Å². The molecule has 2 N–H and O–H groups in total. The van der Waals surface area contributed by atoms with Crippen molar-refractivity contribution in [1.82, 2.24) is 0 Å². The number of ether oxygens (including phenoxy) is 2. The molecule has 0 bridgehead atoms. The number of nitrogens with two attached hydrogens (primary N) is 1. The minimum Gasteiger partial charge on any atom is -0.347 e. The van der Waals surface area contributed by atoms with E-state index in [9.17, 15) is 4.21 Å². The molecular formula is C10H19NO3S. The first-order valence-electron chi connectivity index (χ1n) is 5.57. The van der Waals surface area contributed by atoms with Crippen molar-refractivity contribution in [2.24, 2.45) is 5.73 Å². The van der Waals surface area contributed by atoms with Crippen LogP contribution in [0.3, 0.4) is 0 Å². The fourth-order valence-corrected chi connectivity index (χ4v) is 3.79. The molecule has 0 aromatic heterocycles. The molecule has 1 heterocycles. The van der Waals surface area contributed by atoms with Gasteiger partial charge in [0, 0.05) is 35.4 Å². The molecule has 0 aromatic rings. The lowest BCUT2D eigenvalue weighted by Gasteiger charge is -2.39. The second-order valence-electron chi connectivity index (χ2n) is 4.22. The van der Waals surface area contributed by atoms with Crippen LogP contribution in [0.15, 0.2) is 0 Å². The van der Waals surface area contributed by atoms with Gasteiger partial charge in [0.15, 0.2) is 5.79 Å². The smallest absolute Gasteiger partial charge is 0.169 e. The maximum atomic E-state index is 11.8. The number of hydrogen-bond donors (Lipinski definition) is 1. The van der Waals surface area contributed by atoms with Gasteiger partial charge in [-0.1, -0.05) is 6.92 Å². The first-order valence-corrected chi connectivity index (χ1v) is 6.96. The summed E-state index contributed by atoms with van der Waals surface area (Å²) in [5, 5.41) is 0.0295. The highest BCUT2D eigenvalue weighted by Crippen LogP contribution is 2.37. The summed E-state index contributed by atoms with van der Waals surface area (Å²) in [7, 11) is -0.851. The summed E-state index contributed by atoms with van der Waals surface area (Å²) in [6.45, 7) is 3.24. The van der Waals surface area contributed by atoms with Gasteiger partial charge in [-0.15, -0.1) is 0 Å². The Hall–Kier alpha value is 0.0300. The predicted molar refractivity (Wildman–Crippen MR) is 58.9 cm³/mol. The predicted octanol–water partition coefficient (Wildman–Crippen LogP) is 0.378. The second-order valence-corrected chi connectivity index (χ2v) is 6.17. The molecule has 2 aliphatic rings. The first kappa shape index (κ1) is 11.5. The van der Waals surface area contributed by atoms with Gasteiger partial charge in [0.25, 0.3) is 0 Å². The van der Waals surface area contributed by atoms with Crippen LogP contribution in [0.2, 0.25) is 0 Å². The molecule has 1 saturated heterocycles. The van der Waals surface area contributed by atoms with Gasteiger partial charge in [0.2, 0.25) is 0 Å². The molecule has 2 rings (SSSR count). The molecule has 15 heavy (non-hydrogen) atoms. The minimum atomic E-state index is -0.851. The average molecular weight is 233 g/mol. The zero-order chi connectivity index (χ0) is 10.9. The van der Waals surface area contributed by atoms with Crippen LogP contribution < -0.4 is 5.73 Å². The fraction of sp³-hybridized carbons (Fsp3) is 1.00. The van der Waals surface area contributed by atoms with E-state index >= 15 is 0 Å². The monoisotopic (exact) mass is 233 g/mol. The Balaban J connectivity index is 2.06. The van der Waals surface area contributed by atoms with Crippen LogP contribution in [-0.4, -0.2) is 40.3 Å². The Labute approximate surface area is 93.0 Å². The third kappa shape index (κ3) is 2.25. The Morgan fingerprint density at radius 2 is 2.13 bits per heavy atom. The van der Waals surface area contributed by atoms with Gasteiger partial charge in [0.1, 0.15) is 0 Å². The molecule has 5 heteroatoms. The molecular weight excluding hydrogens is 214 g/mol. The van der Waals surface area contributed by atoms with E-state index in [0.29, 0.717) is 25.4 Å². The van der Waals surface area contributed by atoms with Crippen LogP contribution in [0.1, 0.15) is 26.2 Å². The van der Waals surface area contributed by atoms with E-state index in [1.807, 2.05) is 6.92 Å². The molecule has 4 nitrogen and oxygen atoms in total. The molecule has 3 atom stereocenters. The van der Waals surface area contributed by atoms with Gasteiger partial charge in [-0.05, 0) is 6.42 Å². The van der Waals surface area contributed by atoms with Crippen LogP contribution in [-0.2, 0) is 20.3 Å². The van der Waals surface area contributed by atoms with Gasteiger partial charge in [-0.3, -0.25) is 4.21 Å². The van der Waals surface area contributed by atoms with Gasteiger partial charge < -0.3 is 15.2 Å². The molecule has 1 spiro atoms. The van der Waals surface area contributed by atoms with E-state index in [0.717, 1.165) is 12.8 Å². The Morgan fingerprint density at radius 1 is 1.47 bits per heavy atom. The SMILES string of the molecule is CCS(=O)C1CC2(CCC1N)OCCO2. The van der Waals surface area contributed by atoms with Crippen LogP contribution in [0.25, 0.3) is 0 Å². The fourth-order valence-electron chi connectivity index (χ4n) is 2.39. The van der Waals surface area contributed by atoms with E-state index in [4.69, 9.17) is 15.2 Å². The molecule has 0 aromatic carbocycles. The minimum absolute atomic E-state index is 0.0295. The summed E-state index contributed by atoms with van der Waals surface area (Å²) in [5.41, 5.74) is 6.00. The van der Waals surface area contributed by atoms with Gasteiger partial charge in [0.05, 0.1) is 18.5 Å². The van der Waals surface area contributed by atoms with Crippen molar-refractivity contribution < 1.29 is 13.7 Å².